The van der Waals surface area contributed by atoms with Gasteiger partial charge in [-0.05, 0) is 12.1 Å². The number of carbonyl (C=O) groups excluding carboxylic acids is 1. The Balaban J connectivity index is 3.10. The van der Waals surface area contributed by atoms with Gasteiger partial charge in [-0.15, -0.1) is 0 Å². The van der Waals surface area contributed by atoms with Gasteiger partial charge in [0.2, 0.25) is 0 Å². The van der Waals surface area contributed by atoms with E-state index in [2.05, 4.69) is 4.98 Å². The smallest absolute Gasteiger partial charge is 0.335 e. The zero-order valence-corrected chi connectivity index (χ0v) is 5.44. The average molecular weight is 150 g/mol. The monoisotopic (exact) mass is 150 g/mol. The molecule has 0 unspecified atom stereocenters. The number of aromatic carboxylic acids is 1. The molecule has 0 spiro atoms. The topological polar surface area (TPSA) is 67.3 Å². The van der Waals surface area contributed by atoms with E-state index >= 15 is 0 Å². The Bertz CT molecular complexity index is 295. The van der Waals surface area contributed by atoms with Crippen LogP contribution in [-0.2, 0) is 4.79 Å². The van der Waals surface area contributed by atoms with Gasteiger partial charge in [-0.3, -0.25) is 9.78 Å². The van der Waals surface area contributed by atoms with E-state index in [9.17, 15) is 9.59 Å². The lowest BCUT2D eigenvalue weighted by Gasteiger charge is -1.91. The standard InChI is InChI=1S/C7H4NO3/c9-4-6-3-5(7(10)11)1-2-8-6/h1-3H,(H,10,11). The number of carbonyl (C=O) groups is 1. The van der Waals surface area contributed by atoms with Crippen LogP contribution in [0, 0.1) is 0 Å². The largest absolute Gasteiger partial charge is 0.478 e. The first-order chi connectivity index (χ1) is 5.24. The highest BCUT2D eigenvalue weighted by Gasteiger charge is 2.02. The Morgan fingerprint density at radius 1 is 1.64 bits per heavy atom. The maximum atomic E-state index is 10.3. The van der Waals surface area contributed by atoms with Crippen molar-refractivity contribution in [2.24, 2.45) is 0 Å². The lowest BCUT2D eigenvalue weighted by atomic mass is 10.2. The fourth-order valence-corrected chi connectivity index (χ4v) is 0.619. The Hall–Kier alpha value is -1.71. The predicted octanol–water partition coefficient (Wildman–Crippen LogP) is 0.238. The molecule has 0 amide bonds. The van der Waals surface area contributed by atoms with Crippen LogP contribution in [0.5, 0.6) is 0 Å². The molecule has 0 saturated heterocycles. The molecule has 0 saturated carbocycles. The fraction of sp³-hybridized carbons (Fsp3) is 0. The second-order valence-electron chi connectivity index (χ2n) is 1.84. The van der Waals surface area contributed by atoms with E-state index in [1.807, 2.05) is 0 Å². The van der Waals surface area contributed by atoms with Gasteiger partial charge in [0.1, 0.15) is 5.69 Å². The Kier molecular flexibility index (Phi) is 1.96. The summed E-state index contributed by atoms with van der Waals surface area (Å²) in [6.07, 6.45) is 2.75. The molecule has 0 atom stereocenters. The maximum absolute atomic E-state index is 10.3. The van der Waals surface area contributed by atoms with Gasteiger partial charge in [0.25, 0.3) is 6.29 Å². The molecule has 55 valence electrons. The van der Waals surface area contributed by atoms with Crippen LogP contribution in [0.25, 0.3) is 0 Å². The van der Waals surface area contributed by atoms with Gasteiger partial charge in [-0.2, -0.15) is 0 Å². The number of hydrogen-bond acceptors (Lipinski definition) is 3. The normalized spacial score (nSPS) is 9.09. The second-order valence-corrected chi connectivity index (χ2v) is 1.84. The van der Waals surface area contributed by atoms with E-state index in [4.69, 9.17) is 5.11 Å². The van der Waals surface area contributed by atoms with E-state index in [1.54, 1.807) is 0 Å². The van der Waals surface area contributed by atoms with Crippen LogP contribution in [0.2, 0.25) is 0 Å². The summed E-state index contributed by atoms with van der Waals surface area (Å²) in [5, 5.41) is 8.45. The molecule has 1 radical (unpaired) electrons. The number of aromatic nitrogens is 1. The highest BCUT2D eigenvalue weighted by atomic mass is 16.4. The highest BCUT2D eigenvalue weighted by Crippen LogP contribution is 1.98. The fourth-order valence-electron chi connectivity index (χ4n) is 0.619. The number of nitrogens with zero attached hydrogens (tertiary/aromatic N) is 1. The molecular weight excluding hydrogens is 146 g/mol. The molecule has 1 aromatic rings. The number of carboxylic acids is 1. The van der Waals surface area contributed by atoms with Crippen molar-refractivity contribution in [3.05, 3.63) is 29.6 Å². The van der Waals surface area contributed by atoms with E-state index in [-0.39, 0.29) is 11.3 Å². The molecule has 1 aromatic heterocycles. The minimum atomic E-state index is -1.08. The van der Waals surface area contributed by atoms with Crippen LogP contribution in [-0.4, -0.2) is 22.3 Å². The molecular formula is C7H4NO3. The summed E-state index contributed by atoms with van der Waals surface area (Å²) in [5.74, 6) is -1.08. The average Bonchev–Trinajstić information content (AvgIpc) is 2.05. The molecule has 0 fully saturated rings. The lowest BCUT2D eigenvalue weighted by molar-refractivity contribution is 0.0696. The first kappa shape index (κ1) is 7.40. The van der Waals surface area contributed by atoms with Crippen LogP contribution in [0.4, 0.5) is 0 Å². The summed E-state index contributed by atoms with van der Waals surface area (Å²) in [7, 11) is 0. The number of pyridine rings is 1. The number of hydrogen-bond donors (Lipinski definition) is 1. The van der Waals surface area contributed by atoms with Crippen molar-refractivity contribution in [2.45, 2.75) is 0 Å². The molecule has 4 nitrogen and oxygen atoms in total. The van der Waals surface area contributed by atoms with Crippen LogP contribution in [0.3, 0.4) is 0 Å². The maximum Gasteiger partial charge on any atom is 0.335 e. The van der Waals surface area contributed by atoms with Crippen molar-refractivity contribution in [1.82, 2.24) is 4.98 Å². The third-order valence-electron chi connectivity index (χ3n) is 1.11. The molecule has 1 N–H and O–H groups in total. The summed E-state index contributed by atoms with van der Waals surface area (Å²) in [4.78, 5) is 23.9. The van der Waals surface area contributed by atoms with Crippen molar-refractivity contribution >= 4 is 12.3 Å². The SMILES string of the molecule is O=[C]c1cc(C(=O)O)ccn1. The third kappa shape index (κ3) is 1.61. The van der Waals surface area contributed by atoms with Gasteiger partial charge in [-0.25, -0.2) is 4.79 Å². The first-order valence-electron chi connectivity index (χ1n) is 2.81. The molecule has 11 heavy (non-hydrogen) atoms. The van der Waals surface area contributed by atoms with Crippen LogP contribution in [0.15, 0.2) is 18.3 Å². The van der Waals surface area contributed by atoms with Crippen LogP contribution in [0.1, 0.15) is 16.1 Å². The number of carboxylic acid groups (broad SMARTS) is 1. The van der Waals surface area contributed by atoms with Gasteiger partial charge in [0.05, 0.1) is 5.56 Å². The molecule has 0 bridgehead atoms. The van der Waals surface area contributed by atoms with Crippen molar-refractivity contribution in [3.63, 3.8) is 0 Å². The minimum Gasteiger partial charge on any atom is -0.478 e. The van der Waals surface area contributed by atoms with Gasteiger partial charge >= 0.3 is 5.97 Å². The third-order valence-corrected chi connectivity index (χ3v) is 1.11. The van der Waals surface area contributed by atoms with E-state index in [0.717, 1.165) is 6.07 Å². The van der Waals surface area contributed by atoms with E-state index in [0.29, 0.717) is 0 Å². The molecule has 4 heteroatoms. The second kappa shape index (κ2) is 2.92. The minimum absolute atomic E-state index is 0.00454. The summed E-state index contributed by atoms with van der Waals surface area (Å²) in [5.41, 5.74) is 0.0447. The summed E-state index contributed by atoms with van der Waals surface area (Å²) in [6, 6.07) is 2.47. The Labute approximate surface area is 62.5 Å². The zero-order chi connectivity index (χ0) is 8.27. The van der Waals surface area contributed by atoms with E-state index in [1.165, 1.54) is 18.5 Å². The quantitative estimate of drug-likeness (QED) is 0.655. The van der Waals surface area contributed by atoms with Crippen molar-refractivity contribution in [1.29, 1.82) is 0 Å². The summed E-state index contributed by atoms with van der Waals surface area (Å²) in [6.45, 7) is 0. The molecule has 1 heterocycles. The van der Waals surface area contributed by atoms with Crippen molar-refractivity contribution in [3.8, 4) is 0 Å². The van der Waals surface area contributed by atoms with Crippen molar-refractivity contribution < 1.29 is 14.7 Å². The Morgan fingerprint density at radius 2 is 2.36 bits per heavy atom. The Morgan fingerprint density at radius 3 is 2.91 bits per heavy atom. The highest BCUT2D eigenvalue weighted by molar-refractivity contribution is 5.89. The molecule has 0 aromatic carbocycles. The van der Waals surface area contributed by atoms with Gasteiger partial charge in [-0.1, -0.05) is 0 Å². The summed E-state index contributed by atoms with van der Waals surface area (Å²) >= 11 is 0. The molecule has 1 rings (SSSR count). The van der Waals surface area contributed by atoms with Crippen LogP contribution < -0.4 is 0 Å². The predicted molar refractivity (Wildman–Crippen MR) is 36.0 cm³/mol. The summed E-state index contributed by atoms with van der Waals surface area (Å²) < 4.78 is 0. The van der Waals surface area contributed by atoms with E-state index < -0.39 is 5.97 Å². The molecule has 0 aliphatic heterocycles. The molecule has 0 aliphatic carbocycles. The van der Waals surface area contributed by atoms with Crippen molar-refractivity contribution in [2.75, 3.05) is 0 Å². The molecule has 0 aliphatic rings. The first-order valence-corrected chi connectivity index (χ1v) is 2.81. The zero-order valence-electron chi connectivity index (χ0n) is 5.44. The van der Waals surface area contributed by atoms with Crippen LogP contribution >= 0.6 is 0 Å². The lowest BCUT2D eigenvalue weighted by Crippen LogP contribution is -1.98. The van der Waals surface area contributed by atoms with Gasteiger partial charge < -0.3 is 5.11 Å². The van der Waals surface area contributed by atoms with Gasteiger partial charge in [0.15, 0.2) is 0 Å². The number of rotatable bonds is 2. The van der Waals surface area contributed by atoms with Gasteiger partial charge in [0, 0.05) is 6.20 Å².